The van der Waals surface area contributed by atoms with E-state index in [0.29, 0.717) is 0 Å². The van der Waals surface area contributed by atoms with E-state index < -0.39 is 0 Å². The lowest BCUT2D eigenvalue weighted by Gasteiger charge is -1.96. The Labute approximate surface area is 64.1 Å². The van der Waals surface area contributed by atoms with E-state index in [1.807, 2.05) is 13.0 Å². The van der Waals surface area contributed by atoms with Gasteiger partial charge in [-0.2, -0.15) is 10.2 Å². The summed E-state index contributed by atoms with van der Waals surface area (Å²) in [6.07, 6.45) is 5.18. The Balaban J connectivity index is 2.91. The fraction of sp³-hybridized carbons (Fsp3) is 0.125. The van der Waals surface area contributed by atoms with Gasteiger partial charge in [0.2, 0.25) is 0 Å². The highest BCUT2D eigenvalue weighted by Gasteiger charge is 1.95. The molecule has 0 aliphatic carbocycles. The van der Waals surface area contributed by atoms with Crippen LogP contribution >= 0.6 is 0 Å². The summed E-state index contributed by atoms with van der Waals surface area (Å²) in [6, 6.07) is 1.96. The number of pyridine rings is 1. The molecular formula is C8H7N3. The molecule has 2 heterocycles. The number of aromatic nitrogens is 3. The molecule has 0 fully saturated rings. The van der Waals surface area contributed by atoms with Crippen LogP contribution in [-0.4, -0.2) is 15.2 Å². The van der Waals surface area contributed by atoms with Crippen molar-refractivity contribution in [1.29, 1.82) is 0 Å². The summed E-state index contributed by atoms with van der Waals surface area (Å²) in [4.78, 5) is 4.14. The van der Waals surface area contributed by atoms with Crippen LogP contribution in [0, 0.1) is 6.92 Å². The van der Waals surface area contributed by atoms with Gasteiger partial charge in [0.1, 0.15) is 0 Å². The SMILES string of the molecule is Cc1ccnc2cnncc12. The fourth-order valence-electron chi connectivity index (χ4n) is 1.04. The quantitative estimate of drug-likeness (QED) is 0.561. The van der Waals surface area contributed by atoms with Crippen molar-refractivity contribution < 1.29 is 0 Å². The summed E-state index contributed by atoms with van der Waals surface area (Å²) >= 11 is 0. The van der Waals surface area contributed by atoms with E-state index >= 15 is 0 Å². The third kappa shape index (κ3) is 0.941. The molecule has 0 radical (unpaired) electrons. The smallest absolute Gasteiger partial charge is 0.0922 e. The van der Waals surface area contributed by atoms with Crippen molar-refractivity contribution in [1.82, 2.24) is 15.2 Å². The highest BCUT2D eigenvalue weighted by Crippen LogP contribution is 2.11. The lowest BCUT2D eigenvalue weighted by atomic mass is 10.2. The standard InChI is InChI=1S/C8H7N3/c1-6-2-3-9-8-5-11-10-4-7(6)8/h2-5H,1H3. The number of fused-ring (bicyclic) bond motifs is 1. The maximum absolute atomic E-state index is 4.14. The molecule has 0 atom stereocenters. The van der Waals surface area contributed by atoms with Gasteiger partial charge in [-0.25, -0.2) is 0 Å². The van der Waals surface area contributed by atoms with Gasteiger partial charge < -0.3 is 0 Å². The second kappa shape index (κ2) is 2.27. The van der Waals surface area contributed by atoms with Crippen LogP contribution in [-0.2, 0) is 0 Å². The van der Waals surface area contributed by atoms with Crippen LogP contribution < -0.4 is 0 Å². The van der Waals surface area contributed by atoms with Gasteiger partial charge in [0.05, 0.1) is 17.9 Å². The van der Waals surface area contributed by atoms with E-state index in [1.165, 1.54) is 5.56 Å². The molecular weight excluding hydrogens is 138 g/mol. The molecule has 0 aromatic carbocycles. The lowest BCUT2D eigenvalue weighted by Crippen LogP contribution is -1.85. The van der Waals surface area contributed by atoms with Gasteiger partial charge in [-0.3, -0.25) is 4.98 Å². The van der Waals surface area contributed by atoms with Crippen molar-refractivity contribution in [3.05, 3.63) is 30.2 Å². The van der Waals surface area contributed by atoms with Crippen molar-refractivity contribution in [2.24, 2.45) is 0 Å². The van der Waals surface area contributed by atoms with Crippen LogP contribution in [0.15, 0.2) is 24.7 Å². The highest BCUT2D eigenvalue weighted by atomic mass is 15.1. The zero-order valence-electron chi connectivity index (χ0n) is 6.15. The van der Waals surface area contributed by atoms with Crippen LogP contribution in [0.4, 0.5) is 0 Å². The average molecular weight is 145 g/mol. The second-order valence-electron chi connectivity index (χ2n) is 2.42. The number of nitrogens with zero attached hydrogens (tertiary/aromatic N) is 3. The fourth-order valence-corrected chi connectivity index (χ4v) is 1.04. The molecule has 0 N–H and O–H groups in total. The van der Waals surface area contributed by atoms with E-state index in [9.17, 15) is 0 Å². The van der Waals surface area contributed by atoms with Gasteiger partial charge in [0.15, 0.2) is 0 Å². The summed E-state index contributed by atoms with van der Waals surface area (Å²) in [7, 11) is 0. The molecule has 0 unspecified atom stereocenters. The first-order valence-electron chi connectivity index (χ1n) is 3.40. The first kappa shape index (κ1) is 6.22. The molecule has 2 aromatic rings. The molecule has 2 rings (SSSR count). The molecule has 3 nitrogen and oxygen atoms in total. The Hall–Kier alpha value is -1.51. The normalized spacial score (nSPS) is 10.3. The molecule has 0 saturated carbocycles. The molecule has 0 aliphatic heterocycles. The van der Waals surface area contributed by atoms with E-state index in [4.69, 9.17) is 0 Å². The van der Waals surface area contributed by atoms with Gasteiger partial charge in [-0.05, 0) is 18.6 Å². The van der Waals surface area contributed by atoms with Crippen LogP contribution in [0.2, 0.25) is 0 Å². The average Bonchev–Trinajstić information content (AvgIpc) is 2.06. The van der Waals surface area contributed by atoms with Gasteiger partial charge in [-0.1, -0.05) is 0 Å². The van der Waals surface area contributed by atoms with Gasteiger partial charge in [0, 0.05) is 11.6 Å². The summed E-state index contributed by atoms with van der Waals surface area (Å²) < 4.78 is 0. The molecule has 0 spiro atoms. The summed E-state index contributed by atoms with van der Waals surface area (Å²) in [5.41, 5.74) is 2.09. The van der Waals surface area contributed by atoms with Crippen LogP contribution in [0.1, 0.15) is 5.56 Å². The maximum Gasteiger partial charge on any atom is 0.0922 e. The third-order valence-electron chi connectivity index (χ3n) is 1.67. The number of rotatable bonds is 0. The Morgan fingerprint density at radius 3 is 2.82 bits per heavy atom. The topological polar surface area (TPSA) is 38.7 Å². The Morgan fingerprint density at radius 2 is 2.00 bits per heavy atom. The summed E-state index contributed by atoms with van der Waals surface area (Å²) in [6.45, 7) is 2.03. The molecule has 2 aromatic heterocycles. The van der Waals surface area contributed by atoms with E-state index in [0.717, 1.165) is 10.9 Å². The Bertz CT molecular complexity index is 378. The second-order valence-corrected chi connectivity index (χ2v) is 2.42. The number of hydrogen-bond acceptors (Lipinski definition) is 3. The number of aryl methyl sites for hydroxylation is 1. The van der Waals surface area contributed by atoms with Crippen molar-refractivity contribution in [3.8, 4) is 0 Å². The Morgan fingerprint density at radius 1 is 1.18 bits per heavy atom. The Kier molecular flexibility index (Phi) is 1.28. The zero-order chi connectivity index (χ0) is 7.68. The van der Waals surface area contributed by atoms with E-state index in [2.05, 4.69) is 15.2 Å². The summed E-state index contributed by atoms with van der Waals surface area (Å²) in [5.74, 6) is 0. The van der Waals surface area contributed by atoms with Crippen LogP contribution in [0.25, 0.3) is 10.9 Å². The summed E-state index contributed by atoms with van der Waals surface area (Å²) in [5, 5.41) is 8.60. The van der Waals surface area contributed by atoms with Crippen LogP contribution in [0.5, 0.6) is 0 Å². The molecule has 0 saturated heterocycles. The first-order chi connectivity index (χ1) is 5.38. The molecule has 3 heteroatoms. The predicted molar refractivity (Wildman–Crippen MR) is 42.1 cm³/mol. The van der Waals surface area contributed by atoms with Crippen LogP contribution in [0.3, 0.4) is 0 Å². The lowest BCUT2D eigenvalue weighted by molar-refractivity contribution is 1.04. The van der Waals surface area contributed by atoms with Crippen molar-refractivity contribution in [2.45, 2.75) is 6.92 Å². The van der Waals surface area contributed by atoms with Gasteiger partial charge in [0.25, 0.3) is 0 Å². The highest BCUT2D eigenvalue weighted by molar-refractivity contribution is 5.79. The van der Waals surface area contributed by atoms with E-state index in [1.54, 1.807) is 18.6 Å². The van der Waals surface area contributed by atoms with Crippen molar-refractivity contribution in [2.75, 3.05) is 0 Å². The van der Waals surface area contributed by atoms with Gasteiger partial charge in [-0.15, -0.1) is 0 Å². The molecule has 11 heavy (non-hydrogen) atoms. The molecule has 0 amide bonds. The zero-order valence-corrected chi connectivity index (χ0v) is 6.15. The predicted octanol–water partition coefficient (Wildman–Crippen LogP) is 1.33. The first-order valence-corrected chi connectivity index (χ1v) is 3.40. The molecule has 0 aliphatic rings. The molecule has 0 bridgehead atoms. The third-order valence-corrected chi connectivity index (χ3v) is 1.67. The minimum Gasteiger partial charge on any atom is -0.254 e. The van der Waals surface area contributed by atoms with Crippen molar-refractivity contribution >= 4 is 10.9 Å². The molecule has 54 valence electrons. The van der Waals surface area contributed by atoms with Gasteiger partial charge >= 0.3 is 0 Å². The monoisotopic (exact) mass is 145 g/mol. The largest absolute Gasteiger partial charge is 0.254 e. The van der Waals surface area contributed by atoms with E-state index in [-0.39, 0.29) is 0 Å². The number of hydrogen-bond donors (Lipinski definition) is 0. The minimum absolute atomic E-state index is 0.903. The minimum atomic E-state index is 0.903. The van der Waals surface area contributed by atoms with Crippen molar-refractivity contribution in [3.63, 3.8) is 0 Å². The maximum atomic E-state index is 4.14.